The van der Waals surface area contributed by atoms with Crippen LogP contribution in [0.3, 0.4) is 0 Å². The third-order valence-electron chi connectivity index (χ3n) is 1.59. The number of rotatable bonds is 3. The van der Waals surface area contributed by atoms with Gasteiger partial charge in [-0.2, -0.15) is 0 Å². The molecular formula is C10H12ClO. The van der Waals surface area contributed by atoms with Crippen molar-refractivity contribution in [3.63, 3.8) is 0 Å². The lowest BCUT2D eigenvalue weighted by Gasteiger charge is -2.07. The van der Waals surface area contributed by atoms with E-state index < -0.39 is 0 Å². The highest BCUT2D eigenvalue weighted by molar-refractivity contribution is 6.31. The van der Waals surface area contributed by atoms with Crippen molar-refractivity contribution in [3.05, 3.63) is 35.4 Å². The van der Waals surface area contributed by atoms with E-state index >= 15 is 0 Å². The first-order valence-electron chi connectivity index (χ1n) is 3.99. The molecule has 1 rings (SSSR count). The molecule has 1 radical (unpaired) electrons. The van der Waals surface area contributed by atoms with E-state index in [9.17, 15) is 0 Å². The highest BCUT2D eigenvalue weighted by Gasteiger charge is 2.01. The van der Waals surface area contributed by atoms with Gasteiger partial charge in [0.25, 0.3) is 0 Å². The van der Waals surface area contributed by atoms with Crippen molar-refractivity contribution < 1.29 is 4.74 Å². The maximum absolute atomic E-state index is 5.90. The first kappa shape index (κ1) is 9.40. The monoisotopic (exact) mass is 183 g/mol. The number of ether oxygens (including phenoxy) is 1. The molecule has 0 heterocycles. The molecule has 0 spiro atoms. The average molecular weight is 184 g/mol. The lowest BCUT2D eigenvalue weighted by atomic mass is 10.2. The summed E-state index contributed by atoms with van der Waals surface area (Å²) >= 11 is 5.90. The van der Waals surface area contributed by atoms with Crippen molar-refractivity contribution in [2.24, 2.45) is 0 Å². The molecule has 0 N–H and O–H groups in total. The second kappa shape index (κ2) is 4.36. The Morgan fingerprint density at radius 1 is 1.50 bits per heavy atom. The van der Waals surface area contributed by atoms with Crippen molar-refractivity contribution in [1.29, 1.82) is 0 Å². The van der Waals surface area contributed by atoms with Gasteiger partial charge in [0.1, 0.15) is 12.4 Å². The Bertz CT molecular complexity index is 258. The number of hydrogen-bond acceptors (Lipinski definition) is 1. The van der Waals surface area contributed by atoms with Crippen molar-refractivity contribution in [2.45, 2.75) is 20.3 Å². The van der Waals surface area contributed by atoms with Crippen LogP contribution in [0.5, 0.6) is 5.75 Å². The summed E-state index contributed by atoms with van der Waals surface area (Å²) in [4.78, 5) is 0. The van der Waals surface area contributed by atoms with E-state index in [0.29, 0.717) is 0 Å². The Morgan fingerprint density at radius 2 is 2.25 bits per heavy atom. The highest BCUT2D eigenvalue weighted by atomic mass is 35.5. The minimum absolute atomic E-state index is 0.747. The van der Waals surface area contributed by atoms with E-state index in [-0.39, 0.29) is 0 Å². The molecule has 65 valence electrons. The van der Waals surface area contributed by atoms with Crippen molar-refractivity contribution >= 4 is 11.6 Å². The fraction of sp³-hybridized carbons (Fsp3) is 0.300. The molecule has 0 unspecified atom stereocenters. The van der Waals surface area contributed by atoms with Crippen LogP contribution in [0.2, 0.25) is 5.02 Å². The van der Waals surface area contributed by atoms with Gasteiger partial charge in [-0.25, -0.2) is 0 Å². The highest BCUT2D eigenvalue weighted by Crippen LogP contribution is 2.25. The predicted octanol–water partition coefficient (Wildman–Crippen LogP) is 3.60. The van der Waals surface area contributed by atoms with Crippen LogP contribution >= 0.6 is 11.6 Å². The van der Waals surface area contributed by atoms with Crippen LogP contribution in [-0.2, 0) is 0 Å². The largest absolute Gasteiger partial charge is 0.486 e. The zero-order valence-electron chi connectivity index (χ0n) is 7.30. The van der Waals surface area contributed by atoms with E-state index in [1.165, 1.54) is 0 Å². The number of halogens is 1. The van der Waals surface area contributed by atoms with Gasteiger partial charge in [0.05, 0.1) is 0 Å². The Morgan fingerprint density at radius 3 is 2.92 bits per heavy atom. The molecule has 1 aromatic rings. The normalized spacial score (nSPS) is 9.92. The van der Waals surface area contributed by atoms with Gasteiger partial charge in [-0.3, -0.25) is 0 Å². The lowest BCUT2D eigenvalue weighted by Crippen LogP contribution is -1.90. The first-order chi connectivity index (χ1) is 5.75. The van der Waals surface area contributed by atoms with E-state index in [0.717, 1.165) is 22.8 Å². The summed E-state index contributed by atoms with van der Waals surface area (Å²) < 4.78 is 5.36. The Labute approximate surface area is 78.3 Å². The lowest BCUT2D eigenvalue weighted by molar-refractivity contribution is 0.394. The van der Waals surface area contributed by atoms with Crippen LogP contribution in [-0.4, -0.2) is 0 Å². The van der Waals surface area contributed by atoms with Crippen LogP contribution in [0, 0.1) is 13.5 Å². The molecule has 0 aliphatic carbocycles. The Kier molecular flexibility index (Phi) is 3.42. The first-order valence-corrected chi connectivity index (χ1v) is 4.37. The summed E-state index contributed by atoms with van der Waals surface area (Å²) in [6.45, 7) is 5.74. The van der Waals surface area contributed by atoms with E-state index in [1.54, 1.807) is 6.61 Å². The average Bonchev–Trinajstić information content (AvgIpc) is 2.08. The van der Waals surface area contributed by atoms with Crippen molar-refractivity contribution in [2.75, 3.05) is 0 Å². The fourth-order valence-corrected chi connectivity index (χ4v) is 1.05. The zero-order valence-corrected chi connectivity index (χ0v) is 8.06. The van der Waals surface area contributed by atoms with Gasteiger partial charge in [-0.05, 0) is 25.5 Å². The van der Waals surface area contributed by atoms with Crippen LogP contribution < -0.4 is 4.74 Å². The maximum atomic E-state index is 5.90. The van der Waals surface area contributed by atoms with Gasteiger partial charge < -0.3 is 4.74 Å². The van der Waals surface area contributed by atoms with Gasteiger partial charge in [0.15, 0.2) is 0 Å². The molecule has 0 aliphatic heterocycles. The molecule has 0 saturated heterocycles. The Balaban J connectivity index is 2.78. The molecule has 0 fully saturated rings. The third kappa shape index (κ3) is 2.15. The molecule has 0 amide bonds. The fourth-order valence-electron chi connectivity index (χ4n) is 0.888. The van der Waals surface area contributed by atoms with E-state index in [4.69, 9.17) is 16.3 Å². The summed E-state index contributed by atoms with van der Waals surface area (Å²) in [5, 5.41) is 0.747. The SMILES string of the molecule is CC[CH]Oc1cccc(Cl)c1C. The van der Waals surface area contributed by atoms with Gasteiger partial charge >= 0.3 is 0 Å². The van der Waals surface area contributed by atoms with E-state index in [2.05, 4.69) is 0 Å². The van der Waals surface area contributed by atoms with Gasteiger partial charge in [-0.15, -0.1) is 0 Å². The van der Waals surface area contributed by atoms with Gasteiger partial charge in [0.2, 0.25) is 0 Å². The zero-order chi connectivity index (χ0) is 8.97. The molecule has 0 aromatic heterocycles. The summed E-state index contributed by atoms with van der Waals surface area (Å²) in [6.07, 6.45) is 0.895. The van der Waals surface area contributed by atoms with Crippen LogP contribution in [0.1, 0.15) is 18.9 Å². The quantitative estimate of drug-likeness (QED) is 0.696. The second-order valence-corrected chi connectivity index (χ2v) is 2.96. The summed E-state index contributed by atoms with van der Waals surface area (Å²) in [5.41, 5.74) is 0.990. The maximum Gasteiger partial charge on any atom is 0.135 e. The third-order valence-corrected chi connectivity index (χ3v) is 2.00. The molecule has 1 nitrogen and oxygen atoms in total. The summed E-state index contributed by atoms with van der Waals surface area (Å²) in [6, 6.07) is 5.65. The second-order valence-electron chi connectivity index (χ2n) is 2.56. The summed E-state index contributed by atoms with van der Waals surface area (Å²) in [5.74, 6) is 0.837. The van der Waals surface area contributed by atoms with Crippen LogP contribution in [0.15, 0.2) is 18.2 Å². The van der Waals surface area contributed by atoms with Gasteiger partial charge in [0, 0.05) is 10.6 Å². The molecular weight excluding hydrogens is 172 g/mol. The molecule has 0 aliphatic rings. The molecule has 12 heavy (non-hydrogen) atoms. The molecule has 0 bridgehead atoms. The van der Waals surface area contributed by atoms with Crippen LogP contribution in [0.4, 0.5) is 0 Å². The van der Waals surface area contributed by atoms with Crippen molar-refractivity contribution in [1.82, 2.24) is 0 Å². The molecule has 0 atom stereocenters. The molecule has 1 aromatic carbocycles. The topological polar surface area (TPSA) is 9.23 Å². The van der Waals surface area contributed by atoms with Gasteiger partial charge in [-0.1, -0.05) is 24.6 Å². The minimum atomic E-state index is 0.747. The van der Waals surface area contributed by atoms with Crippen LogP contribution in [0.25, 0.3) is 0 Å². The number of benzene rings is 1. The minimum Gasteiger partial charge on any atom is -0.486 e. The standard InChI is InChI=1S/C10H12ClO/c1-3-7-12-10-6-4-5-9(11)8(10)2/h4-7H,3H2,1-2H3. The van der Waals surface area contributed by atoms with Crippen molar-refractivity contribution in [3.8, 4) is 5.75 Å². The molecule has 2 heteroatoms. The number of hydrogen-bond donors (Lipinski definition) is 0. The molecule has 0 saturated carbocycles. The summed E-state index contributed by atoms with van der Waals surface area (Å²) in [7, 11) is 0. The Hall–Kier alpha value is -0.690. The predicted molar refractivity (Wildman–Crippen MR) is 51.4 cm³/mol. The van der Waals surface area contributed by atoms with E-state index in [1.807, 2.05) is 32.0 Å². The smallest absolute Gasteiger partial charge is 0.135 e.